The minimum Gasteiger partial charge on any atom is -0.159 e. The topological polar surface area (TPSA) is 25.8 Å². The van der Waals surface area contributed by atoms with Gasteiger partial charge in [0.05, 0.1) is 11.9 Å². The third-order valence-corrected chi connectivity index (χ3v) is 2.29. The Bertz CT molecular complexity index is 288. The molecule has 0 saturated heterocycles. The van der Waals surface area contributed by atoms with E-state index in [2.05, 4.69) is 57.8 Å². The second kappa shape index (κ2) is 11.9. The molecule has 1 heterocycles. The standard InChI is InChI=1S/C12H20N2.6CH4/c1-11(2,3)9-7-10(12(4,5)6)14-13-8-9;;;;;;/h7-8H,1-6H3;6*1H4. The summed E-state index contributed by atoms with van der Waals surface area (Å²) in [6, 6.07) is 2.16. The van der Waals surface area contributed by atoms with Crippen LogP contribution in [0.2, 0.25) is 0 Å². The highest BCUT2D eigenvalue weighted by Crippen LogP contribution is 2.25. The molecular formula is C18H44N2. The van der Waals surface area contributed by atoms with E-state index in [1.54, 1.807) is 0 Å². The number of aromatic nitrogens is 2. The van der Waals surface area contributed by atoms with Crippen molar-refractivity contribution in [2.24, 2.45) is 0 Å². The Kier molecular flexibility index (Phi) is 21.6. The third-order valence-electron chi connectivity index (χ3n) is 2.29. The van der Waals surface area contributed by atoms with Crippen LogP contribution in [0.5, 0.6) is 0 Å². The smallest absolute Gasteiger partial charge is 0.0687 e. The molecule has 0 atom stereocenters. The molecule has 0 spiro atoms. The van der Waals surface area contributed by atoms with Crippen molar-refractivity contribution >= 4 is 0 Å². The lowest BCUT2D eigenvalue weighted by Crippen LogP contribution is -2.18. The second-order valence-corrected chi connectivity index (χ2v) is 5.83. The fourth-order valence-electron chi connectivity index (χ4n) is 1.14. The fourth-order valence-corrected chi connectivity index (χ4v) is 1.14. The Morgan fingerprint density at radius 2 is 1.10 bits per heavy atom. The summed E-state index contributed by atoms with van der Waals surface area (Å²) in [5.41, 5.74) is 2.53. The van der Waals surface area contributed by atoms with Crippen molar-refractivity contribution in [2.75, 3.05) is 0 Å². The second-order valence-electron chi connectivity index (χ2n) is 5.83. The highest BCUT2D eigenvalue weighted by Gasteiger charge is 2.20. The van der Waals surface area contributed by atoms with Gasteiger partial charge in [-0.25, -0.2) is 0 Å². The van der Waals surface area contributed by atoms with E-state index in [9.17, 15) is 0 Å². The summed E-state index contributed by atoms with van der Waals surface area (Å²) >= 11 is 0. The predicted molar refractivity (Wildman–Crippen MR) is 99.8 cm³/mol. The Labute approximate surface area is 131 Å². The summed E-state index contributed by atoms with van der Waals surface area (Å²) in [5, 5.41) is 8.24. The molecule has 1 rings (SSSR count). The van der Waals surface area contributed by atoms with Gasteiger partial charge < -0.3 is 0 Å². The van der Waals surface area contributed by atoms with Crippen molar-refractivity contribution in [2.45, 2.75) is 96.9 Å². The van der Waals surface area contributed by atoms with Gasteiger partial charge in [0.2, 0.25) is 0 Å². The Morgan fingerprint density at radius 1 is 0.700 bits per heavy atom. The maximum Gasteiger partial charge on any atom is 0.0687 e. The molecule has 0 aliphatic rings. The van der Waals surface area contributed by atoms with Crippen molar-refractivity contribution < 1.29 is 0 Å². The highest BCUT2D eigenvalue weighted by atomic mass is 15.1. The minimum atomic E-state index is 0. The summed E-state index contributed by atoms with van der Waals surface area (Å²) in [6.45, 7) is 13.0. The molecule has 0 radical (unpaired) electrons. The van der Waals surface area contributed by atoms with Gasteiger partial charge in [0.15, 0.2) is 0 Å². The maximum absolute atomic E-state index is 4.17. The molecule has 2 nitrogen and oxygen atoms in total. The number of rotatable bonds is 0. The molecule has 1 aromatic heterocycles. The van der Waals surface area contributed by atoms with Crippen LogP contribution in [0, 0.1) is 0 Å². The van der Waals surface area contributed by atoms with Gasteiger partial charge in [0, 0.05) is 5.41 Å². The molecule has 0 aliphatic heterocycles. The molecular weight excluding hydrogens is 244 g/mol. The Morgan fingerprint density at radius 3 is 1.40 bits per heavy atom. The summed E-state index contributed by atoms with van der Waals surface area (Å²) < 4.78 is 0. The molecule has 126 valence electrons. The van der Waals surface area contributed by atoms with Gasteiger partial charge in [-0.15, -0.1) is 0 Å². The molecule has 0 N–H and O–H groups in total. The summed E-state index contributed by atoms with van der Waals surface area (Å²) in [6.07, 6.45) is 1.86. The van der Waals surface area contributed by atoms with E-state index >= 15 is 0 Å². The molecule has 1 aromatic rings. The lowest BCUT2D eigenvalue weighted by molar-refractivity contribution is 0.539. The zero-order valence-electron chi connectivity index (χ0n) is 10.0. The van der Waals surface area contributed by atoms with E-state index in [-0.39, 0.29) is 55.4 Å². The lowest BCUT2D eigenvalue weighted by Gasteiger charge is -2.22. The van der Waals surface area contributed by atoms with Crippen molar-refractivity contribution in [3.8, 4) is 0 Å². The van der Waals surface area contributed by atoms with Crippen molar-refractivity contribution in [1.29, 1.82) is 0 Å². The van der Waals surface area contributed by atoms with E-state index < -0.39 is 0 Å². The Hall–Kier alpha value is -0.920. The van der Waals surface area contributed by atoms with Gasteiger partial charge in [-0.2, -0.15) is 10.2 Å². The van der Waals surface area contributed by atoms with E-state index in [1.165, 1.54) is 5.56 Å². The van der Waals surface area contributed by atoms with Gasteiger partial charge in [0.1, 0.15) is 0 Å². The molecule has 0 aromatic carbocycles. The van der Waals surface area contributed by atoms with Gasteiger partial charge in [0.25, 0.3) is 0 Å². The Balaban J connectivity index is -0.0000000817. The van der Waals surface area contributed by atoms with Crippen LogP contribution in [0.3, 0.4) is 0 Å². The zero-order chi connectivity index (χ0) is 11.0. The average molecular weight is 289 g/mol. The van der Waals surface area contributed by atoms with Crippen molar-refractivity contribution in [3.05, 3.63) is 23.5 Å². The zero-order valence-corrected chi connectivity index (χ0v) is 10.0. The van der Waals surface area contributed by atoms with Crippen LogP contribution in [-0.4, -0.2) is 10.2 Å². The maximum atomic E-state index is 4.17. The number of nitrogens with zero attached hydrogens (tertiary/aromatic N) is 2. The summed E-state index contributed by atoms with van der Waals surface area (Å²) in [4.78, 5) is 0. The first-order valence-electron chi connectivity index (χ1n) is 5.05. The van der Waals surface area contributed by atoms with E-state index in [1.807, 2.05) is 6.20 Å². The van der Waals surface area contributed by atoms with Gasteiger partial charge in [-0.05, 0) is 17.0 Å². The third kappa shape index (κ3) is 9.94. The van der Waals surface area contributed by atoms with Gasteiger partial charge >= 0.3 is 0 Å². The van der Waals surface area contributed by atoms with E-state index in [0.29, 0.717) is 0 Å². The summed E-state index contributed by atoms with van der Waals surface area (Å²) in [5.74, 6) is 0. The van der Waals surface area contributed by atoms with Crippen LogP contribution in [0.25, 0.3) is 0 Å². The predicted octanol–water partition coefficient (Wildman–Crippen LogP) is 6.89. The monoisotopic (exact) mass is 288 g/mol. The molecule has 0 bridgehead atoms. The lowest BCUT2D eigenvalue weighted by atomic mass is 9.85. The first-order chi connectivity index (χ1) is 6.21. The van der Waals surface area contributed by atoms with Crippen LogP contribution in [0.1, 0.15) is 97.4 Å². The average Bonchev–Trinajstić information content (AvgIpc) is 2.01. The van der Waals surface area contributed by atoms with Crippen LogP contribution in [0.4, 0.5) is 0 Å². The molecule has 0 aliphatic carbocycles. The van der Waals surface area contributed by atoms with Gasteiger partial charge in [-0.1, -0.05) is 86.1 Å². The van der Waals surface area contributed by atoms with Gasteiger partial charge in [-0.3, -0.25) is 0 Å². The van der Waals surface area contributed by atoms with Crippen LogP contribution in [0.15, 0.2) is 12.3 Å². The first kappa shape index (κ1) is 36.5. The normalized spacial score (nSPS) is 9.10. The molecule has 0 amide bonds. The largest absolute Gasteiger partial charge is 0.159 e. The van der Waals surface area contributed by atoms with Crippen LogP contribution >= 0.6 is 0 Å². The fraction of sp³-hybridized carbons (Fsp3) is 0.778. The van der Waals surface area contributed by atoms with E-state index in [4.69, 9.17) is 0 Å². The van der Waals surface area contributed by atoms with Crippen molar-refractivity contribution in [3.63, 3.8) is 0 Å². The molecule has 0 fully saturated rings. The van der Waals surface area contributed by atoms with Crippen LogP contribution in [-0.2, 0) is 10.8 Å². The minimum absolute atomic E-state index is 0. The number of hydrogen-bond donors (Lipinski definition) is 0. The molecule has 20 heavy (non-hydrogen) atoms. The summed E-state index contributed by atoms with van der Waals surface area (Å²) in [7, 11) is 0. The molecule has 0 unspecified atom stereocenters. The SMILES string of the molecule is C.C.C.C.C.C.CC(C)(C)c1cnnc(C(C)(C)C)c1. The highest BCUT2D eigenvalue weighted by molar-refractivity contribution is 5.23. The molecule has 2 heteroatoms. The van der Waals surface area contributed by atoms with Crippen LogP contribution < -0.4 is 0 Å². The quantitative estimate of drug-likeness (QED) is 0.519. The van der Waals surface area contributed by atoms with Crippen molar-refractivity contribution in [1.82, 2.24) is 10.2 Å². The molecule has 0 saturated carbocycles. The first-order valence-corrected chi connectivity index (χ1v) is 5.05. The number of hydrogen-bond acceptors (Lipinski definition) is 2. The van der Waals surface area contributed by atoms with E-state index in [0.717, 1.165) is 5.69 Å².